The second kappa shape index (κ2) is 11.9. The van der Waals surface area contributed by atoms with Crippen LogP contribution in [0.5, 0.6) is 11.5 Å². The fourth-order valence-corrected chi connectivity index (χ4v) is 6.11. The maximum Gasteiger partial charge on any atom is 0.173 e. The van der Waals surface area contributed by atoms with Crippen LogP contribution in [0, 0.1) is 17.5 Å². The van der Waals surface area contributed by atoms with Crippen molar-refractivity contribution in [3.05, 3.63) is 99.6 Å². The van der Waals surface area contributed by atoms with Gasteiger partial charge in [-0.25, -0.2) is 18.2 Å². The lowest BCUT2D eigenvalue weighted by atomic mass is 9.84. The number of hydrogen-bond acceptors (Lipinski definition) is 5. The Bertz CT molecular complexity index is 1460. The molecule has 1 unspecified atom stereocenters. The second-order valence-corrected chi connectivity index (χ2v) is 10.5. The molecule has 204 valence electrons. The molecule has 1 heterocycles. The summed E-state index contributed by atoms with van der Waals surface area (Å²) in [6.07, 6.45) is 2.51. The van der Waals surface area contributed by atoms with Gasteiger partial charge < -0.3 is 14.6 Å². The number of aliphatic hydroxyl groups excluding tert-OH is 1. The molecule has 0 saturated heterocycles. The Kier molecular flexibility index (Phi) is 8.40. The highest BCUT2D eigenvalue weighted by atomic mass is 35.5. The van der Waals surface area contributed by atoms with Crippen molar-refractivity contribution in [2.75, 3.05) is 20.3 Å². The summed E-state index contributed by atoms with van der Waals surface area (Å²) < 4.78 is 56.1. The predicted octanol–water partition coefficient (Wildman–Crippen LogP) is 7.08. The molecule has 0 bridgehead atoms. The summed E-state index contributed by atoms with van der Waals surface area (Å²) in [7, 11) is 1.57. The van der Waals surface area contributed by atoms with E-state index in [1.54, 1.807) is 25.3 Å². The minimum absolute atomic E-state index is 0.0114. The molecule has 3 aromatic carbocycles. The zero-order valence-corrected chi connectivity index (χ0v) is 22.7. The number of aliphatic hydroxyl groups is 1. The number of thioether (sulfide) groups is 1. The molecule has 0 radical (unpaired) electrons. The SMILES string of the molecule is COc1cc(C2CCCc3nc(SCc4c(F)cc(OCCO)cc4F)n(-c4ccc(F)cc4)c32)ccc1Cl. The van der Waals surface area contributed by atoms with Crippen LogP contribution < -0.4 is 9.47 Å². The van der Waals surface area contributed by atoms with Gasteiger partial charge in [-0.2, -0.15) is 0 Å². The maximum absolute atomic E-state index is 14.8. The van der Waals surface area contributed by atoms with E-state index in [-0.39, 0.29) is 42.0 Å². The van der Waals surface area contributed by atoms with E-state index in [1.807, 2.05) is 16.7 Å². The first-order valence-electron chi connectivity index (χ1n) is 12.4. The standard InChI is InChI=1S/C29H26ClF3N2O3S/c1-37-27-13-17(5-10-23(27)30)21-3-2-4-26-28(21)35(19-8-6-18(31)7-9-19)29(34-26)39-16-22-24(32)14-20(15-25(22)33)38-12-11-36/h5-10,13-15,21,36H,2-4,11-12,16H2,1H3. The smallest absolute Gasteiger partial charge is 0.173 e. The Hall–Kier alpha value is -3.14. The first-order chi connectivity index (χ1) is 18.9. The van der Waals surface area contributed by atoms with Crippen LogP contribution in [0.3, 0.4) is 0 Å². The lowest BCUT2D eigenvalue weighted by molar-refractivity contribution is 0.200. The van der Waals surface area contributed by atoms with E-state index in [1.165, 1.54) is 23.9 Å². The maximum atomic E-state index is 14.8. The fraction of sp³-hybridized carbons (Fsp3) is 0.276. The molecule has 0 spiro atoms. The van der Waals surface area contributed by atoms with Crippen LogP contribution in [-0.4, -0.2) is 35.0 Å². The van der Waals surface area contributed by atoms with Crippen molar-refractivity contribution in [2.24, 2.45) is 0 Å². The number of benzene rings is 3. The normalized spacial score (nSPS) is 14.8. The highest BCUT2D eigenvalue weighted by molar-refractivity contribution is 7.98. The van der Waals surface area contributed by atoms with E-state index in [0.717, 1.165) is 48.3 Å². The van der Waals surface area contributed by atoms with Crippen LogP contribution >= 0.6 is 23.4 Å². The van der Waals surface area contributed by atoms with E-state index < -0.39 is 11.6 Å². The third kappa shape index (κ3) is 5.76. The van der Waals surface area contributed by atoms with Crippen LogP contribution in [-0.2, 0) is 12.2 Å². The van der Waals surface area contributed by atoms with E-state index in [4.69, 9.17) is 31.2 Å². The van der Waals surface area contributed by atoms with Gasteiger partial charge in [0, 0.05) is 35.1 Å². The molecule has 1 N–H and O–H groups in total. The van der Waals surface area contributed by atoms with Crippen molar-refractivity contribution in [1.29, 1.82) is 0 Å². The molecule has 10 heteroatoms. The van der Waals surface area contributed by atoms with Gasteiger partial charge in [0.1, 0.15) is 35.6 Å². The predicted molar refractivity (Wildman–Crippen MR) is 145 cm³/mol. The molecule has 39 heavy (non-hydrogen) atoms. The van der Waals surface area contributed by atoms with Gasteiger partial charge in [0.25, 0.3) is 0 Å². The Morgan fingerprint density at radius 1 is 1.08 bits per heavy atom. The van der Waals surface area contributed by atoms with Crippen LogP contribution in [0.25, 0.3) is 5.69 Å². The number of nitrogens with zero attached hydrogens (tertiary/aromatic N) is 2. The highest BCUT2D eigenvalue weighted by Gasteiger charge is 2.31. The van der Waals surface area contributed by atoms with Crippen molar-refractivity contribution in [3.63, 3.8) is 0 Å². The molecule has 1 aromatic heterocycles. The number of methoxy groups -OCH3 is 1. The van der Waals surface area contributed by atoms with Crippen LogP contribution in [0.2, 0.25) is 5.02 Å². The molecule has 4 aromatic rings. The van der Waals surface area contributed by atoms with Crippen molar-refractivity contribution in [2.45, 2.75) is 36.1 Å². The average molecular weight is 575 g/mol. The number of fused-ring (bicyclic) bond motifs is 1. The van der Waals surface area contributed by atoms with Gasteiger partial charge in [0.05, 0.1) is 30.1 Å². The second-order valence-electron chi connectivity index (χ2n) is 9.10. The molecular weight excluding hydrogens is 549 g/mol. The Morgan fingerprint density at radius 3 is 2.51 bits per heavy atom. The van der Waals surface area contributed by atoms with Crippen molar-refractivity contribution >= 4 is 23.4 Å². The first kappa shape index (κ1) is 27.4. The first-order valence-corrected chi connectivity index (χ1v) is 13.8. The van der Waals surface area contributed by atoms with Crippen molar-refractivity contribution in [1.82, 2.24) is 9.55 Å². The topological polar surface area (TPSA) is 56.5 Å². The largest absolute Gasteiger partial charge is 0.495 e. The minimum Gasteiger partial charge on any atom is -0.495 e. The quantitative estimate of drug-likeness (QED) is 0.216. The van der Waals surface area contributed by atoms with Gasteiger partial charge in [-0.05, 0) is 61.2 Å². The van der Waals surface area contributed by atoms with Gasteiger partial charge >= 0.3 is 0 Å². The average Bonchev–Trinajstić information content (AvgIpc) is 3.30. The molecule has 0 saturated carbocycles. The third-order valence-corrected chi connectivity index (χ3v) is 7.95. The van der Waals surface area contributed by atoms with Crippen molar-refractivity contribution in [3.8, 4) is 17.2 Å². The molecule has 5 nitrogen and oxygen atoms in total. The Labute approximate surface area is 233 Å². The lowest BCUT2D eigenvalue weighted by Gasteiger charge is -2.26. The van der Waals surface area contributed by atoms with Crippen LogP contribution in [0.4, 0.5) is 13.2 Å². The summed E-state index contributed by atoms with van der Waals surface area (Å²) in [4.78, 5) is 4.90. The van der Waals surface area contributed by atoms with Gasteiger partial charge in [-0.1, -0.05) is 29.4 Å². The summed E-state index contributed by atoms with van der Waals surface area (Å²) in [5.74, 6) is -1.33. The monoisotopic (exact) mass is 574 g/mol. The number of aryl methyl sites for hydroxylation is 1. The third-order valence-electron chi connectivity index (χ3n) is 6.68. The summed E-state index contributed by atoms with van der Waals surface area (Å²) >= 11 is 7.48. The number of aromatic nitrogens is 2. The lowest BCUT2D eigenvalue weighted by Crippen LogP contribution is -2.15. The van der Waals surface area contributed by atoms with Gasteiger partial charge in [-0.15, -0.1) is 0 Å². The number of hydrogen-bond donors (Lipinski definition) is 1. The van der Waals surface area contributed by atoms with Crippen molar-refractivity contribution < 1.29 is 27.8 Å². The molecule has 5 rings (SSSR count). The number of halogens is 4. The summed E-state index contributed by atoms with van der Waals surface area (Å²) in [6, 6.07) is 14.0. The van der Waals surface area contributed by atoms with E-state index in [2.05, 4.69) is 0 Å². The molecule has 0 aliphatic heterocycles. The minimum atomic E-state index is -0.744. The number of imidazole rings is 1. The zero-order chi connectivity index (χ0) is 27.5. The van der Waals surface area contributed by atoms with E-state index >= 15 is 0 Å². The van der Waals surface area contributed by atoms with Gasteiger partial charge in [-0.3, -0.25) is 4.57 Å². The van der Waals surface area contributed by atoms with E-state index in [9.17, 15) is 13.2 Å². The number of rotatable bonds is 9. The Morgan fingerprint density at radius 2 is 1.82 bits per heavy atom. The van der Waals surface area contributed by atoms with Crippen LogP contribution in [0.1, 0.15) is 41.3 Å². The van der Waals surface area contributed by atoms with Crippen LogP contribution in [0.15, 0.2) is 59.8 Å². The van der Waals surface area contributed by atoms with E-state index in [0.29, 0.717) is 21.6 Å². The molecule has 1 aliphatic carbocycles. The molecule has 1 atom stereocenters. The van der Waals surface area contributed by atoms with Gasteiger partial charge in [0.2, 0.25) is 0 Å². The highest BCUT2D eigenvalue weighted by Crippen LogP contribution is 2.43. The molecular formula is C29H26ClF3N2O3S. The summed E-state index contributed by atoms with van der Waals surface area (Å²) in [5.41, 5.74) is 3.44. The molecule has 0 fully saturated rings. The molecule has 1 aliphatic rings. The number of ether oxygens (including phenoxy) is 2. The Balaban J connectivity index is 1.55. The summed E-state index contributed by atoms with van der Waals surface area (Å²) in [5, 5.41) is 9.97. The molecule has 0 amide bonds. The summed E-state index contributed by atoms with van der Waals surface area (Å²) in [6.45, 7) is -0.324. The zero-order valence-electron chi connectivity index (χ0n) is 21.1. The van der Waals surface area contributed by atoms with Gasteiger partial charge in [0.15, 0.2) is 5.16 Å². The fourth-order valence-electron chi connectivity index (χ4n) is 4.86.